The number of ketones is 1. The lowest BCUT2D eigenvalue weighted by Gasteiger charge is -2.33. The molecule has 2 aromatic rings. The van der Waals surface area contributed by atoms with E-state index in [-0.39, 0.29) is 11.7 Å². The minimum Gasteiger partial charge on any atom is -0.495 e. The van der Waals surface area contributed by atoms with Crippen LogP contribution in [-0.2, 0) is 17.6 Å². The summed E-state index contributed by atoms with van der Waals surface area (Å²) in [5.74, 6) is 0.553. The molecule has 0 aromatic heterocycles. The fourth-order valence-corrected chi connectivity index (χ4v) is 4.43. The molecule has 1 spiro atoms. The molecule has 1 heterocycles. The maximum atomic E-state index is 13.4. The third-order valence-corrected chi connectivity index (χ3v) is 5.96. The van der Waals surface area contributed by atoms with Gasteiger partial charge in [0.1, 0.15) is 12.4 Å². The van der Waals surface area contributed by atoms with Gasteiger partial charge in [-0.05, 0) is 55.0 Å². The van der Waals surface area contributed by atoms with E-state index < -0.39 is 12.0 Å². The number of aryl methyl sites for hydroxylation is 1. The molecule has 5 heteroatoms. The van der Waals surface area contributed by atoms with Crippen LogP contribution < -0.4 is 9.64 Å². The van der Waals surface area contributed by atoms with Gasteiger partial charge in [0.05, 0.1) is 18.2 Å². The fraction of sp³-hybridized carbons (Fsp3) is 0.364. The molecule has 1 aliphatic carbocycles. The first-order chi connectivity index (χ1) is 13.1. The molecule has 1 aliphatic heterocycles. The maximum absolute atomic E-state index is 13.4. The zero-order chi connectivity index (χ0) is 19.0. The first-order valence-electron chi connectivity index (χ1n) is 9.29. The topological polar surface area (TPSA) is 66.8 Å². The van der Waals surface area contributed by atoms with Crippen molar-refractivity contribution >= 4 is 17.4 Å². The van der Waals surface area contributed by atoms with E-state index in [1.807, 2.05) is 41.3 Å². The van der Waals surface area contributed by atoms with Gasteiger partial charge >= 0.3 is 0 Å². The molecule has 140 valence electrons. The number of nitrogens with zero attached hydrogens (tertiary/aromatic N) is 1. The summed E-state index contributed by atoms with van der Waals surface area (Å²) in [5.41, 5.74) is 3.15. The number of carbonyl (C=O) groups excluding carboxylic acids is 2. The molecule has 1 fully saturated rings. The van der Waals surface area contributed by atoms with Gasteiger partial charge in [0, 0.05) is 12.1 Å². The second-order valence-corrected chi connectivity index (χ2v) is 7.40. The summed E-state index contributed by atoms with van der Waals surface area (Å²) in [5, 5.41) is 9.13. The van der Waals surface area contributed by atoms with Crippen LogP contribution >= 0.6 is 0 Å². The van der Waals surface area contributed by atoms with Gasteiger partial charge in [-0.3, -0.25) is 9.59 Å². The second-order valence-electron chi connectivity index (χ2n) is 7.40. The van der Waals surface area contributed by atoms with Crippen molar-refractivity contribution in [3.05, 3.63) is 59.2 Å². The number of rotatable bonds is 4. The highest BCUT2D eigenvalue weighted by Crippen LogP contribution is 2.46. The molecule has 27 heavy (non-hydrogen) atoms. The van der Waals surface area contributed by atoms with Crippen LogP contribution in [0.2, 0.25) is 0 Å². The van der Waals surface area contributed by atoms with E-state index in [9.17, 15) is 9.59 Å². The fourth-order valence-electron chi connectivity index (χ4n) is 4.43. The summed E-state index contributed by atoms with van der Waals surface area (Å²) in [4.78, 5) is 27.1. The molecule has 4 rings (SSSR count). The van der Waals surface area contributed by atoms with Crippen LogP contribution in [0.1, 0.15) is 34.3 Å². The number of hydrogen-bond acceptors (Lipinski definition) is 4. The Labute approximate surface area is 158 Å². The van der Waals surface area contributed by atoms with Crippen molar-refractivity contribution in [3.8, 4) is 5.75 Å². The highest BCUT2D eigenvalue weighted by molar-refractivity contribution is 6.01. The summed E-state index contributed by atoms with van der Waals surface area (Å²) >= 11 is 0. The number of Topliss-reactive ketones (excluding diaryl/α,β-unsaturated/α-hetero) is 1. The van der Waals surface area contributed by atoms with Crippen molar-refractivity contribution in [2.24, 2.45) is 5.41 Å². The largest absolute Gasteiger partial charge is 0.495 e. The Kier molecular flexibility index (Phi) is 4.48. The van der Waals surface area contributed by atoms with Gasteiger partial charge in [-0.1, -0.05) is 24.3 Å². The van der Waals surface area contributed by atoms with Gasteiger partial charge in [-0.25, -0.2) is 0 Å². The van der Waals surface area contributed by atoms with E-state index >= 15 is 0 Å². The number of amides is 1. The van der Waals surface area contributed by atoms with Crippen LogP contribution in [-0.4, -0.2) is 37.1 Å². The molecule has 2 aromatic carbocycles. The lowest BCUT2D eigenvalue weighted by atomic mass is 9.70. The molecule has 2 aliphatic rings. The lowest BCUT2D eigenvalue weighted by molar-refractivity contribution is -0.126. The molecule has 1 N–H and O–H groups in total. The third-order valence-electron chi connectivity index (χ3n) is 5.96. The van der Waals surface area contributed by atoms with Gasteiger partial charge in [-0.15, -0.1) is 0 Å². The summed E-state index contributed by atoms with van der Waals surface area (Å²) < 4.78 is 5.44. The number of para-hydroxylation sites is 2. The Morgan fingerprint density at radius 1 is 1.19 bits per heavy atom. The molecular formula is C22H23NO4. The van der Waals surface area contributed by atoms with Crippen molar-refractivity contribution in [1.29, 1.82) is 0 Å². The predicted molar refractivity (Wildman–Crippen MR) is 102 cm³/mol. The number of aliphatic hydroxyl groups is 1. The summed E-state index contributed by atoms with van der Waals surface area (Å²) in [6, 6.07) is 13.2. The van der Waals surface area contributed by atoms with Crippen molar-refractivity contribution < 1.29 is 19.4 Å². The first-order valence-corrected chi connectivity index (χ1v) is 9.29. The number of hydrogen-bond donors (Lipinski definition) is 1. The van der Waals surface area contributed by atoms with Crippen molar-refractivity contribution in [2.45, 2.75) is 25.7 Å². The maximum Gasteiger partial charge on any atom is 0.233 e. The third kappa shape index (κ3) is 2.92. The zero-order valence-electron chi connectivity index (χ0n) is 15.4. The Morgan fingerprint density at radius 3 is 2.78 bits per heavy atom. The number of carbonyl (C=O) groups is 2. The average Bonchev–Trinajstić information content (AvgIpc) is 3.02. The molecule has 1 saturated heterocycles. The molecular weight excluding hydrogens is 342 g/mol. The highest BCUT2D eigenvalue weighted by Gasteiger charge is 2.49. The van der Waals surface area contributed by atoms with Gasteiger partial charge in [0.25, 0.3) is 0 Å². The van der Waals surface area contributed by atoms with Crippen molar-refractivity contribution in [3.63, 3.8) is 0 Å². The molecule has 1 amide bonds. The standard InChI is InChI=1S/C22H23NO4/c1-27-20-5-3-2-4-18(20)23-11-10-22(21(23)26)9-8-15-6-7-16(19(25)14-24)12-17(15)13-22/h2-7,12,24H,8-11,13-14H2,1H3/t22-/m1/s1. The number of fused-ring (bicyclic) bond motifs is 1. The Bertz CT molecular complexity index is 907. The summed E-state index contributed by atoms with van der Waals surface area (Å²) in [6.45, 7) is 0.175. The van der Waals surface area contributed by atoms with Crippen molar-refractivity contribution in [1.82, 2.24) is 0 Å². The molecule has 0 saturated carbocycles. The minimum atomic E-state index is -0.496. The molecule has 0 radical (unpaired) electrons. The van der Waals surface area contributed by atoms with E-state index in [0.29, 0.717) is 24.3 Å². The second kappa shape index (κ2) is 6.82. The first kappa shape index (κ1) is 17.7. The van der Waals surface area contributed by atoms with Crippen LogP contribution in [0.4, 0.5) is 5.69 Å². The smallest absolute Gasteiger partial charge is 0.233 e. The number of aliphatic hydroxyl groups excluding tert-OH is 1. The van der Waals surface area contributed by atoms with Gasteiger partial charge in [0.2, 0.25) is 5.91 Å². The minimum absolute atomic E-state index is 0.136. The summed E-state index contributed by atoms with van der Waals surface area (Å²) in [7, 11) is 1.62. The van der Waals surface area contributed by atoms with E-state index in [4.69, 9.17) is 9.84 Å². The number of ether oxygens (including phenoxy) is 1. The van der Waals surface area contributed by atoms with Crippen LogP contribution in [0.3, 0.4) is 0 Å². The Hall–Kier alpha value is -2.66. The number of methoxy groups -OCH3 is 1. The SMILES string of the molecule is COc1ccccc1N1CC[C@@]2(CCc3ccc(C(=O)CO)cc3C2)C1=O. The predicted octanol–water partition coefficient (Wildman–Crippen LogP) is 2.78. The van der Waals surface area contributed by atoms with E-state index in [2.05, 4.69) is 0 Å². The van der Waals surface area contributed by atoms with Crippen molar-refractivity contribution in [2.75, 3.05) is 25.2 Å². The Morgan fingerprint density at radius 2 is 2.00 bits per heavy atom. The molecule has 1 atom stereocenters. The zero-order valence-corrected chi connectivity index (χ0v) is 15.4. The quantitative estimate of drug-likeness (QED) is 0.846. The molecule has 0 unspecified atom stereocenters. The molecule has 0 bridgehead atoms. The van der Waals surface area contributed by atoms with Crippen LogP contribution in [0.5, 0.6) is 5.75 Å². The van der Waals surface area contributed by atoms with E-state index in [1.165, 1.54) is 5.56 Å². The Balaban J connectivity index is 1.64. The van der Waals surface area contributed by atoms with Crippen LogP contribution in [0.25, 0.3) is 0 Å². The normalized spacial score (nSPS) is 21.4. The highest BCUT2D eigenvalue weighted by atomic mass is 16.5. The van der Waals surface area contributed by atoms with Crippen LogP contribution in [0, 0.1) is 5.41 Å². The molecule has 5 nitrogen and oxygen atoms in total. The van der Waals surface area contributed by atoms with Gasteiger partial charge < -0.3 is 14.7 Å². The average molecular weight is 365 g/mol. The van der Waals surface area contributed by atoms with Gasteiger partial charge in [-0.2, -0.15) is 0 Å². The van der Waals surface area contributed by atoms with Gasteiger partial charge in [0.15, 0.2) is 5.78 Å². The van der Waals surface area contributed by atoms with Crippen LogP contribution in [0.15, 0.2) is 42.5 Å². The number of anilines is 1. The van der Waals surface area contributed by atoms with E-state index in [0.717, 1.165) is 30.5 Å². The van der Waals surface area contributed by atoms with E-state index in [1.54, 1.807) is 13.2 Å². The lowest BCUT2D eigenvalue weighted by Crippen LogP contribution is -2.39. The summed E-state index contributed by atoms with van der Waals surface area (Å²) in [6.07, 6.45) is 3.08. The monoisotopic (exact) mass is 365 g/mol. The number of benzene rings is 2.